The quantitative estimate of drug-likeness (QED) is 0.771. The van der Waals surface area contributed by atoms with Crippen molar-refractivity contribution in [3.05, 3.63) is 18.7 Å². The van der Waals surface area contributed by atoms with E-state index in [-0.39, 0.29) is 0 Å². The van der Waals surface area contributed by atoms with Gasteiger partial charge in [0.05, 0.1) is 6.33 Å². The molecule has 1 aromatic rings. The molecule has 0 aromatic carbocycles. The van der Waals surface area contributed by atoms with E-state index in [1.807, 2.05) is 18.7 Å². The topological polar surface area (TPSA) is 33.1 Å². The molecule has 0 spiro atoms. The maximum atomic E-state index is 4.06. The van der Waals surface area contributed by atoms with E-state index in [2.05, 4.69) is 19.8 Å². The predicted molar refractivity (Wildman–Crippen MR) is 72.4 cm³/mol. The van der Waals surface area contributed by atoms with Gasteiger partial charge in [-0.2, -0.15) is 0 Å². The Bertz CT molecular complexity index is 341. The number of piperidine rings is 3. The van der Waals surface area contributed by atoms with E-state index in [9.17, 15) is 0 Å². The lowest BCUT2D eigenvalue weighted by molar-refractivity contribution is 0.0727. The number of nitrogens with zero attached hydrogens (tertiary/aromatic N) is 3. The number of rotatable bonds is 6. The fourth-order valence-corrected chi connectivity index (χ4v) is 3.32. The molecular weight excluding hydrogens is 224 g/mol. The van der Waals surface area contributed by atoms with Gasteiger partial charge in [-0.15, -0.1) is 0 Å². The Morgan fingerprint density at radius 3 is 2.78 bits per heavy atom. The van der Waals surface area contributed by atoms with E-state index < -0.39 is 0 Å². The standard InChI is InChI=1S/C14H24N4/c1(2-7-18-10-6-15-12-18)5-16-14-11-17-8-3-13(14)4-9-17/h6,10,12-14,16H,1-5,7-9,11H2. The molecule has 4 heteroatoms. The van der Waals surface area contributed by atoms with Crippen LogP contribution in [-0.4, -0.2) is 46.7 Å². The van der Waals surface area contributed by atoms with Crippen molar-refractivity contribution >= 4 is 0 Å². The molecule has 3 saturated heterocycles. The number of hydrogen-bond donors (Lipinski definition) is 1. The average molecular weight is 248 g/mol. The SMILES string of the molecule is c1cn(CCCCNC2CN3CCC2CC3)cn1. The van der Waals surface area contributed by atoms with E-state index in [0.29, 0.717) is 0 Å². The summed E-state index contributed by atoms with van der Waals surface area (Å²) in [6, 6.07) is 0.765. The number of nitrogens with one attached hydrogen (secondary N) is 1. The first-order valence-corrected chi connectivity index (χ1v) is 7.33. The van der Waals surface area contributed by atoms with Gasteiger partial charge in [0.2, 0.25) is 0 Å². The Morgan fingerprint density at radius 2 is 2.11 bits per heavy atom. The second-order valence-corrected chi connectivity index (χ2v) is 5.71. The lowest BCUT2D eigenvalue weighted by atomic mass is 9.84. The number of fused-ring (bicyclic) bond motifs is 3. The smallest absolute Gasteiger partial charge is 0.0945 e. The molecule has 3 aliphatic heterocycles. The summed E-state index contributed by atoms with van der Waals surface area (Å²) in [6.07, 6.45) is 11.1. The monoisotopic (exact) mass is 248 g/mol. The summed E-state index contributed by atoms with van der Waals surface area (Å²) in [5.74, 6) is 0.948. The molecule has 0 radical (unpaired) electrons. The van der Waals surface area contributed by atoms with Crippen molar-refractivity contribution in [2.24, 2.45) is 5.92 Å². The Labute approximate surface area is 109 Å². The second-order valence-electron chi connectivity index (χ2n) is 5.71. The Kier molecular flexibility index (Phi) is 3.96. The van der Waals surface area contributed by atoms with Gasteiger partial charge in [-0.05, 0) is 51.2 Å². The van der Waals surface area contributed by atoms with Crippen molar-refractivity contribution in [1.82, 2.24) is 19.8 Å². The number of aromatic nitrogens is 2. The molecule has 0 aliphatic carbocycles. The Balaban J connectivity index is 1.30. The van der Waals surface area contributed by atoms with Crippen LogP contribution in [0.25, 0.3) is 0 Å². The van der Waals surface area contributed by atoms with Crippen LogP contribution in [0.4, 0.5) is 0 Å². The van der Waals surface area contributed by atoms with Gasteiger partial charge in [0.15, 0.2) is 0 Å². The van der Waals surface area contributed by atoms with Crippen LogP contribution in [-0.2, 0) is 6.54 Å². The van der Waals surface area contributed by atoms with Crippen LogP contribution in [0.15, 0.2) is 18.7 Å². The number of aryl methyl sites for hydroxylation is 1. The van der Waals surface area contributed by atoms with Crippen molar-refractivity contribution in [1.29, 1.82) is 0 Å². The maximum absolute atomic E-state index is 4.06. The molecule has 1 N–H and O–H groups in total. The van der Waals surface area contributed by atoms with Crippen molar-refractivity contribution in [3.63, 3.8) is 0 Å². The summed E-state index contributed by atoms with van der Waals surface area (Å²) in [5.41, 5.74) is 0. The minimum absolute atomic E-state index is 0.765. The summed E-state index contributed by atoms with van der Waals surface area (Å²) in [5, 5.41) is 3.77. The van der Waals surface area contributed by atoms with E-state index >= 15 is 0 Å². The van der Waals surface area contributed by atoms with Gasteiger partial charge in [0, 0.05) is 31.5 Å². The summed E-state index contributed by atoms with van der Waals surface area (Å²) in [7, 11) is 0. The first-order chi connectivity index (χ1) is 8.92. The van der Waals surface area contributed by atoms with Gasteiger partial charge in [-0.3, -0.25) is 0 Å². The molecule has 1 aromatic heterocycles. The van der Waals surface area contributed by atoms with Crippen molar-refractivity contribution in [3.8, 4) is 0 Å². The fraction of sp³-hybridized carbons (Fsp3) is 0.786. The molecule has 18 heavy (non-hydrogen) atoms. The van der Waals surface area contributed by atoms with E-state index in [4.69, 9.17) is 0 Å². The molecule has 1 atom stereocenters. The Morgan fingerprint density at radius 1 is 1.22 bits per heavy atom. The zero-order valence-corrected chi connectivity index (χ0v) is 11.1. The first kappa shape index (κ1) is 12.2. The van der Waals surface area contributed by atoms with E-state index in [0.717, 1.165) is 18.5 Å². The largest absolute Gasteiger partial charge is 0.337 e. The molecule has 100 valence electrons. The molecule has 3 fully saturated rings. The number of imidazole rings is 1. The number of hydrogen-bond acceptors (Lipinski definition) is 3. The third-order valence-corrected chi connectivity index (χ3v) is 4.46. The van der Waals surface area contributed by atoms with Crippen molar-refractivity contribution in [2.45, 2.75) is 38.3 Å². The molecule has 4 rings (SSSR count). The zero-order chi connectivity index (χ0) is 12.2. The van der Waals surface area contributed by atoms with E-state index in [1.165, 1.54) is 51.9 Å². The van der Waals surface area contributed by atoms with Gasteiger partial charge in [-0.1, -0.05) is 0 Å². The lowest BCUT2D eigenvalue weighted by Gasteiger charge is -2.45. The third kappa shape index (κ3) is 2.93. The van der Waals surface area contributed by atoms with Crippen LogP contribution in [0.3, 0.4) is 0 Å². The fourth-order valence-electron chi connectivity index (χ4n) is 3.32. The van der Waals surface area contributed by atoms with Gasteiger partial charge in [-0.25, -0.2) is 4.98 Å². The molecular formula is C14H24N4. The Hall–Kier alpha value is -0.870. The highest BCUT2D eigenvalue weighted by Gasteiger charge is 2.33. The highest BCUT2D eigenvalue weighted by molar-refractivity contribution is 4.90. The van der Waals surface area contributed by atoms with Crippen LogP contribution < -0.4 is 5.32 Å². The molecule has 2 bridgehead atoms. The normalized spacial score (nSPS) is 30.8. The minimum Gasteiger partial charge on any atom is -0.337 e. The third-order valence-electron chi connectivity index (χ3n) is 4.46. The molecule has 4 heterocycles. The van der Waals surface area contributed by atoms with E-state index in [1.54, 1.807) is 0 Å². The molecule has 0 saturated carbocycles. The highest BCUT2D eigenvalue weighted by atomic mass is 15.2. The molecule has 3 aliphatic rings. The molecule has 0 amide bonds. The van der Waals surface area contributed by atoms with Crippen molar-refractivity contribution in [2.75, 3.05) is 26.2 Å². The summed E-state index contributed by atoms with van der Waals surface area (Å²) >= 11 is 0. The van der Waals surface area contributed by atoms with Crippen molar-refractivity contribution < 1.29 is 0 Å². The highest BCUT2D eigenvalue weighted by Crippen LogP contribution is 2.27. The minimum atomic E-state index is 0.765. The van der Waals surface area contributed by atoms with Crippen LogP contribution in [0.2, 0.25) is 0 Å². The summed E-state index contributed by atoms with van der Waals surface area (Å²) < 4.78 is 2.16. The summed E-state index contributed by atoms with van der Waals surface area (Å²) in [4.78, 5) is 6.68. The molecule has 1 unspecified atom stereocenters. The van der Waals surface area contributed by atoms with Crippen LogP contribution in [0.5, 0.6) is 0 Å². The first-order valence-electron chi connectivity index (χ1n) is 7.33. The number of unbranched alkanes of at least 4 members (excludes halogenated alkanes) is 1. The van der Waals surface area contributed by atoms with Crippen LogP contribution >= 0.6 is 0 Å². The van der Waals surface area contributed by atoms with Gasteiger partial charge >= 0.3 is 0 Å². The van der Waals surface area contributed by atoms with Crippen LogP contribution in [0.1, 0.15) is 25.7 Å². The summed E-state index contributed by atoms with van der Waals surface area (Å²) in [6.45, 7) is 6.23. The van der Waals surface area contributed by atoms with Crippen LogP contribution in [0, 0.1) is 5.92 Å². The average Bonchev–Trinajstić information content (AvgIpc) is 2.93. The second kappa shape index (κ2) is 5.85. The lowest BCUT2D eigenvalue weighted by Crippen LogP contribution is -2.56. The molecule has 4 nitrogen and oxygen atoms in total. The van der Waals surface area contributed by atoms with Gasteiger partial charge in [0.25, 0.3) is 0 Å². The van der Waals surface area contributed by atoms with Gasteiger partial charge < -0.3 is 14.8 Å². The maximum Gasteiger partial charge on any atom is 0.0945 e. The zero-order valence-electron chi connectivity index (χ0n) is 11.1. The predicted octanol–water partition coefficient (Wildman–Crippen LogP) is 1.35. The van der Waals surface area contributed by atoms with Gasteiger partial charge in [0.1, 0.15) is 0 Å².